The molecular weight excluding hydrogens is 266 g/mol. The number of aromatic nitrogens is 1. The van der Waals surface area contributed by atoms with Crippen molar-refractivity contribution in [3.8, 4) is 0 Å². The van der Waals surface area contributed by atoms with Crippen molar-refractivity contribution in [2.45, 2.75) is 52.7 Å². The van der Waals surface area contributed by atoms with Crippen LogP contribution in [0.3, 0.4) is 0 Å². The van der Waals surface area contributed by atoms with Crippen LogP contribution in [0.4, 0.5) is 5.82 Å². The first kappa shape index (κ1) is 17.3. The summed E-state index contributed by atoms with van der Waals surface area (Å²) in [5, 5.41) is 3.54. The summed E-state index contributed by atoms with van der Waals surface area (Å²) in [5.74, 6) is 2.18. The largest absolute Gasteiger partial charge is 0.356 e. The zero-order valence-corrected chi connectivity index (χ0v) is 14.8. The highest BCUT2D eigenvalue weighted by atomic mass is 32.2. The Balaban J connectivity index is 2.85. The lowest BCUT2D eigenvalue weighted by molar-refractivity contribution is 0.424. The van der Waals surface area contributed by atoms with E-state index < -0.39 is 0 Å². The molecule has 1 atom stereocenters. The SMILES string of the molecule is CSCC(C)N(C)c1cc(CNC(C)(C)C)cc(C)n1. The van der Waals surface area contributed by atoms with Gasteiger partial charge in [-0.2, -0.15) is 11.8 Å². The molecule has 1 unspecified atom stereocenters. The maximum Gasteiger partial charge on any atom is 0.129 e. The quantitative estimate of drug-likeness (QED) is 0.870. The normalized spacial score (nSPS) is 13.3. The number of nitrogens with one attached hydrogen (secondary N) is 1. The second kappa shape index (κ2) is 7.32. The lowest BCUT2D eigenvalue weighted by Gasteiger charge is -2.27. The second-order valence-electron chi connectivity index (χ2n) is 6.49. The van der Waals surface area contributed by atoms with Gasteiger partial charge in [0, 0.05) is 36.6 Å². The number of rotatable bonds is 6. The molecule has 0 amide bonds. The van der Waals surface area contributed by atoms with Gasteiger partial charge in [-0.05, 0) is 58.6 Å². The Hall–Kier alpha value is -0.740. The summed E-state index contributed by atoms with van der Waals surface area (Å²) in [6.45, 7) is 11.8. The molecule has 3 nitrogen and oxygen atoms in total. The highest BCUT2D eigenvalue weighted by Gasteiger charge is 2.13. The van der Waals surface area contributed by atoms with E-state index in [1.807, 2.05) is 11.8 Å². The maximum atomic E-state index is 4.67. The highest BCUT2D eigenvalue weighted by Crippen LogP contribution is 2.18. The van der Waals surface area contributed by atoms with Crippen LogP contribution in [-0.4, -0.2) is 35.6 Å². The van der Waals surface area contributed by atoms with Crippen molar-refractivity contribution in [2.75, 3.05) is 24.0 Å². The fraction of sp³-hybridized carbons (Fsp3) is 0.688. The minimum absolute atomic E-state index is 0.134. The van der Waals surface area contributed by atoms with E-state index in [4.69, 9.17) is 0 Å². The van der Waals surface area contributed by atoms with Crippen molar-refractivity contribution in [1.29, 1.82) is 0 Å². The second-order valence-corrected chi connectivity index (χ2v) is 7.40. The monoisotopic (exact) mass is 295 g/mol. The maximum absolute atomic E-state index is 4.67. The molecule has 20 heavy (non-hydrogen) atoms. The van der Waals surface area contributed by atoms with Gasteiger partial charge in [0.15, 0.2) is 0 Å². The zero-order chi connectivity index (χ0) is 15.3. The summed E-state index contributed by atoms with van der Waals surface area (Å²) in [6, 6.07) is 4.85. The van der Waals surface area contributed by atoms with E-state index in [1.54, 1.807) is 0 Å². The van der Waals surface area contributed by atoms with Gasteiger partial charge in [0.2, 0.25) is 0 Å². The predicted molar refractivity (Wildman–Crippen MR) is 91.8 cm³/mol. The molecule has 0 aliphatic rings. The molecule has 0 aliphatic carbocycles. The van der Waals surface area contributed by atoms with Crippen molar-refractivity contribution in [3.05, 3.63) is 23.4 Å². The fourth-order valence-corrected chi connectivity index (χ4v) is 2.66. The molecule has 1 rings (SSSR count). The number of aryl methyl sites for hydroxylation is 1. The topological polar surface area (TPSA) is 28.2 Å². The smallest absolute Gasteiger partial charge is 0.129 e. The summed E-state index contributed by atoms with van der Waals surface area (Å²) >= 11 is 1.87. The summed E-state index contributed by atoms with van der Waals surface area (Å²) in [5.41, 5.74) is 2.51. The summed E-state index contributed by atoms with van der Waals surface area (Å²) in [4.78, 5) is 6.94. The molecule has 0 bridgehead atoms. The van der Waals surface area contributed by atoms with Crippen LogP contribution in [-0.2, 0) is 6.54 Å². The predicted octanol–water partition coefficient (Wildman–Crippen LogP) is 3.47. The number of hydrogen-bond acceptors (Lipinski definition) is 4. The molecule has 0 radical (unpaired) electrons. The molecule has 0 saturated heterocycles. The van der Waals surface area contributed by atoms with Gasteiger partial charge in [-0.25, -0.2) is 4.98 Å². The third kappa shape index (κ3) is 5.71. The van der Waals surface area contributed by atoms with Gasteiger partial charge in [-0.15, -0.1) is 0 Å². The molecule has 1 aromatic rings. The van der Waals surface area contributed by atoms with Gasteiger partial charge < -0.3 is 10.2 Å². The average molecular weight is 295 g/mol. The lowest BCUT2D eigenvalue weighted by atomic mass is 10.1. The molecule has 0 aliphatic heterocycles. The fourth-order valence-electron chi connectivity index (χ4n) is 1.95. The molecule has 0 spiro atoms. The Morgan fingerprint density at radius 3 is 2.55 bits per heavy atom. The van der Waals surface area contributed by atoms with E-state index in [1.165, 1.54) is 5.56 Å². The summed E-state index contributed by atoms with van der Waals surface area (Å²) in [6.07, 6.45) is 2.15. The summed E-state index contributed by atoms with van der Waals surface area (Å²) < 4.78 is 0. The van der Waals surface area contributed by atoms with Gasteiger partial charge in [0.25, 0.3) is 0 Å². The van der Waals surface area contributed by atoms with Crippen LogP contribution in [0.1, 0.15) is 39.0 Å². The van der Waals surface area contributed by atoms with Crippen LogP contribution in [0.25, 0.3) is 0 Å². The molecule has 0 saturated carbocycles. The average Bonchev–Trinajstić information content (AvgIpc) is 2.34. The van der Waals surface area contributed by atoms with E-state index in [0.29, 0.717) is 6.04 Å². The molecule has 1 aromatic heterocycles. The number of nitrogens with zero attached hydrogens (tertiary/aromatic N) is 2. The van der Waals surface area contributed by atoms with E-state index >= 15 is 0 Å². The third-order valence-corrected chi connectivity index (χ3v) is 4.07. The van der Waals surface area contributed by atoms with E-state index in [0.717, 1.165) is 23.8 Å². The Bertz CT molecular complexity index is 426. The molecule has 114 valence electrons. The van der Waals surface area contributed by atoms with Crippen LogP contribution in [0.5, 0.6) is 0 Å². The standard InChI is InChI=1S/C16H29N3S/c1-12-8-14(10-17-16(3,4)5)9-15(18-12)19(6)13(2)11-20-7/h8-9,13,17H,10-11H2,1-7H3. The first-order valence-corrected chi connectivity index (χ1v) is 8.56. The third-order valence-electron chi connectivity index (χ3n) is 3.25. The van der Waals surface area contributed by atoms with Crippen LogP contribution < -0.4 is 10.2 Å². The molecule has 0 fully saturated rings. The van der Waals surface area contributed by atoms with Crippen molar-refractivity contribution in [3.63, 3.8) is 0 Å². The van der Waals surface area contributed by atoms with Crippen molar-refractivity contribution < 1.29 is 0 Å². The number of thioether (sulfide) groups is 1. The van der Waals surface area contributed by atoms with Crippen LogP contribution in [0.2, 0.25) is 0 Å². The van der Waals surface area contributed by atoms with Gasteiger partial charge in [0.1, 0.15) is 5.82 Å². The molecule has 1 N–H and O–H groups in total. The molecule has 0 aromatic carbocycles. The molecular formula is C16H29N3S. The molecule has 1 heterocycles. The van der Waals surface area contributed by atoms with Crippen molar-refractivity contribution in [1.82, 2.24) is 10.3 Å². The summed E-state index contributed by atoms with van der Waals surface area (Å²) in [7, 11) is 2.13. The number of hydrogen-bond donors (Lipinski definition) is 1. The van der Waals surface area contributed by atoms with E-state index in [2.05, 4.69) is 75.3 Å². The number of pyridine rings is 1. The first-order chi connectivity index (χ1) is 9.23. The van der Waals surface area contributed by atoms with E-state index in [9.17, 15) is 0 Å². The van der Waals surface area contributed by atoms with Gasteiger partial charge in [0.05, 0.1) is 0 Å². The van der Waals surface area contributed by atoms with Crippen molar-refractivity contribution in [2.24, 2.45) is 0 Å². The Labute approximate surface area is 128 Å². The molecule has 4 heteroatoms. The Morgan fingerprint density at radius 2 is 2.00 bits per heavy atom. The van der Waals surface area contributed by atoms with Gasteiger partial charge >= 0.3 is 0 Å². The van der Waals surface area contributed by atoms with Crippen LogP contribution >= 0.6 is 11.8 Å². The van der Waals surface area contributed by atoms with Crippen molar-refractivity contribution >= 4 is 17.6 Å². The zero-order valence-electron chi connectivity index (χ0n) is 13.9. The Morgan fingerprint density at radius 1 is 1.35 bits per heavy atom. The van der Waals surface area contributed by atoms with Crippen LogP contribution in [0.15, 0.2) is 12.1 Å². The first-order valence-electron chi connectivity index (χ1n) is 7.17. The van der Waals surface area contributed by atoms with E-state index in [-0.39, 0.29) is 5.54 Å². The van der Waals surface area contributed by atoms with Crippen LogP contribution in [0, 0.1) is 6.92 Å². The minimum Gasteiger partial charge on any atom is -0.356 e. The lowest BCUT2D eigenvalue weighted by Crippen LogP contribution is -2.35. The van der Waals surface area contributed by atoms with Gasteiger partial charge in [-0.1, -0.05) is 0 Å². The highest BCUT2D eigenvalue weighted by molar-refractivity contribution is 7.98. The minimum atomic E-state index is 0.134. The van der Waals surface area contributed by atoms with Gasteiger partial charge in [-0.3, -0.25) is 0 Å². The Kier molecular flexibility index (Phi) is 6.34. The number of anilines is 1.